The van der Waals surface area contributed by atoms with Crippen molar-refractivity contribution in [3.05, 3.63) is 17.5 Å². The molecule has 0 aromatic carbocycles. The van der Waals surface area contributed by atoms with Crippen LogP contribution >= 0.6 is 0 Å². The minimum absolute atomic E-state index is 0.0265. The van der Waals surface area contributed by atoms with Gasteiger partial charge in [-0.1, -0.05) is 0 Å². The van der Waals surface area contributed by atoms with Crippen LogP contribution in [0.5, 0.6) is 0 Å². The maximum absolute atomic E-state index is 13.3. The average Bonchev–Trinajstić information content (AvgIpc) is 2.33. The molecular weight excluding hydrogens is 176 g/mol. The molecule has 1 aromatic rings. The SMILES string of the molecule is Cc1c(C(F)(F)CCN)cnn1C. The first-order chi connectivity index (χ1) is 5.99. The summed E-state index contributed by atoms with van der Waals surface area (Å²) in [7, 11) is 1.64. The van der Waals surface area contributed by atoms with E-state index in [0.717, 1.165) is 0 Å². The fourth-order valence-corrected chi connectivity index (χ4v) is 1.17. The lowest BCUT2D eigenvalue weighted by Crippen LogP contribution is -2.19. The van der Waals surface area contributed by atoms with Crippen LogP contribution in [0.2, 0.25) is 0 Å². The molecule has 3 nitrogen and oxygen atoms in total. The van der Waals surface area contributed by atoms with Crippen LogP contribution in [0.15, 0.2) is 6.20 Å². The van der Waals surface area contributed by atoms with Crippen molar-refractivity contribution >= 4 is 0 Å². The fourth-order valence-electron chi connectivity index (χ4n) is 1.17. The topological polar surface area (TPSA) is 43.8 Å². The van der Waals surface area contributed by atoms with Gasteiger partial charge in [-0.2, -0.15) is 5.10 Å². The van der Waals surface area contributed by atoms with E-state index in [2.05, 4.69) is 5.10 Å². The van der Waals surface area contributed by atoms with Gasteiger partial charge in [0.1, 0.15) is 0 Å². The summed E-state index contributed by atoms with van der Waals surface area (Å²) in [6, 6.07) is 0. The summed E-state index contributed by atoms with van der Waals surface area (Å²) in [5, 5.41) is 3.76. The van der Waals surface area contributed by atoms with E-state index in [1.807, 2.05) is 0 Å². The van der Waals surface area contributed by atoms with Gasteiger partial charge >= 0.3 is 0 Å². The van der Waals surface area contributed by atoms with Gasteiger partial charge in [-0.05, 0) is 13.5 Å². The van der Waals surface area contributed by atoms with E-state index in [0.29, 0.717) is 5.69 Å². The molecule has 0 spiro atoms. The van der Waals surface area contributed by atoms with Gasteiger partial charge in [0, 0.05) is 19.2 Å². The zero-order valence-corrected chi connectivity index (χ0v) is 7.72. The number of nitrogens with two attached hydrogens (primary N) is 1. The molecule has 0 aliphatic rings. The minimum atomic E-state index is -2.85. The molecule has 0 atom stereocenters. The number of rotatable bonds is 3. The number of hydrogen-bond acceptors (Lipinski definition) is 2. The average molecular weight is 189 g/mol. The molecule has 0 radical (unpaired) electrons. The second-order valence-electron chi connectivity index (χ2n) is 3.01. The summed E-state index contributed by atoms with van der Waals surface area (Å²) in [4.78, 5) is 0. The number of halogens is 2. The van der Waals surface area contributed by atoms with Gasteiger partial charge in [-0.25, -0.2) is 8.78 Å². The van der Waals surface area contributed by atoms with Gasteiger partial charge in [-0.3, -0.25) is 4.68 Å². The molecule has 13 heavy (non-hydrogen) atoms. The van der Waals surface area contributed by atoms with E-state index < -0.39 is 5.92 Å². The van der Waals surface area contributed by atoms with E-state index >= 15 is 0 Å². The van der Waals surface area contributed by atoms with Crippen LogP contribution < -0.4 is 5.73 Å². The molecule has 0 aliphatic heterocycles. The lowest BCUT2D eigenvalue weighted by Gasteiger charge is -2.14. The van der Waals surface area contributed by atoms with Gasteiger partial charge in [0.15, 0.2) is 0 Å². The van der Waals surface area contributed by atoms with Crippen LogP contribution in [0.25, 0.3) is 0 Å². The van der Waals surface area contributed by atoms with E-state index in [9.17, 15) is 8.78 Å². The summed E-state index contributed by atoms with van der Waals surface area (Å²) in [5.41, 5.74) is 5.56. The van der Waals surface area contributed by atoms with Gasteiger partial charge in [0.25, 0.3) is 5.92 Å². The Morgan fingerprint density at radius 3 is 2.62 bits per heavy atom. The monoisotopic (exact) mass is 189 g/mol. The maximum atomic E-state index is 13.3. The second kappa shape index (κ2) is 3.41. The van der Waals surface area contributed by atoms with Crippen molar-refractivity contribution in [1.29, 1.82) is 0 Å². The van der Waals surface area contributed by atoms with Gasteiger partial charge in [0.2, 0.25) is 0 Å². The van der Waals surface area contributed by atoms with Crippen molar-refractivity contribution < 1.29 is 8.78 Å². The zero-order chi connectivity index (χ0) is 10.1. The summed E-state index contributed by atoms with van der Waals surface area (Å²) in [6.45, 7) is 1.59. The van der Waals surface area contributed by atoms with E-state index in [4.69, 9.17) is 5.73 Å². The largest absolute Gasteiger partial charge is 0.330 e. The molecule has 0 fully saturated rings. The van der Waals surface area contributed by atoms with E-state index in [-0.39, 0.29) is 18.5 Å². The zero-order valence-electron chi connectivity index (χ0n) is 7.72. The molecule has 5 heteroatoms. The smallest absolute Gasteiger partial charge is 0.277 e. The van der Waals surface area contributed by atoms with Crippen LogP contribution in [0.4, 0.5) is 8.78 Å². The lowest BCUT2D eigenvalue weighted by atomic mass is 10.1. The van der Waals surface area contributed by atoms with Crippen molar-refractivity contribution in [2.75, 3.05) is 6.54 Å². The molecule has 0 unspecified atom stereocenters. The Bertz CT molecular complexity index is 294. The molecule has 1 aromatic heterocycles. The van der Waals surface area contributed by atoms with Crippen LogP contribution in [-0.4, -0.2) is 16.3 Å². The van der Waals surface area contributed by atoms with Crippen molar-refractivity contribution in [2.24, 2.45) is 12.8 Å². The minimum Gasteiger partial charge on any atom is -0.330 e. The standard InChI is InChI=1S/C8H13F2N3/c1-6-7(5-12-13(6)2)8(9,10)3-4-11/h5H,3-4,11H2,1-2H3. The van der Waals surface area contributed by atoms with E-state index in [1.54, 1.807) is 14.0 Å². The van der Waals surface area contributed by atoms with Crippen LogP contribution in [0, 0.1) is 6.92 Å². The van der Waals surface area contributed by atoms with Crippen molar-refractivity contribution in [1.82, 2.24) is 9.78 Å². The second-order valence-corrected chi connectivity index (χ2v) is 3.01. The Balaban J connectivity index is 2.99. The summed E-state index contributed by atoms with van der Waals surface area (Å²) in [5.74, 6) is -2.85. The van der Waals surface area contributed by atoms with Gasteiger partial charge < -0.3 is 5.73 Å². The quantitative estimate of drug-likeness (QED) is 0.775. The Morgan fingerprint density at radius 1 is 1.62 bits per heavy atom. The number of aromatic nitrogens is 2. The van der Waals surface area contributed by atoms with Crippen LogP contribution in [-0.2, 0) is 13.0 Å². The maximum Gasteiger partial charge on any atom is 0.277 e. The Morgan fingerprint density at radius 2 is 2.23 bits per heavy atom. The molecule has 0 bridgehead atoms. The van der Waals surface area contributed by atoms with E-state index in [1.165, 1.54) is 10.9 Å². The predicted molar refractivity (Wildman–Crippen MR) is 45.5 cm³/mol. The normalized spacial score (nSPS) is 12.1. The number of alkyl halides is 2. The summed E-state index contributed by atoms with van der Waals surface area (Å²) >= 11 is 0. The highest BCUT2D eigenvalue weighted by Gasteiger charge is 2.33. The highest BCUT2D eigenvalue weighted by Crippen LogP contribution is 2.32. The third-order valence-electron chi connectivity index (χ3n) is 2.09. The highest BCUT2D eigenvalue weighted by molar-refractivity contribution is 5.21. The molecule has 74 valence electrons. The third-order valence-corrected chi connectivity index (χ3v) is 2.09. The third kappa shape index (κ3) is 1.85. The van der Waals surface area contributed by atoms with Crippen molar-refractivity contribution in [3.8, 4) is 0 Å². The molecule has 0 saturated heterocycles. The number of hydrogen-bond donors (Lipinski definition) is 1. The molecular formula is C8H13F2N3. The van der Waals surface area contributed by atoms with Crippen molar-refractivity contribution in [3.63, 3.8) is 0 Å². The first-order valence-electron chi connectivity index (χ1n) is 4.06. The highest BCUT2D eigenvalue weighted by atomic mass is 19.3. The molecule has 2 N–H and O–H groups in total. The first kappa shape index (κ1) is 10.1. The molecule has 1 rings (SSSR count). The summed E-state index contributed by atoms with van der Waals surface area (Å²) in [6.07, 6.45) is 0.866. The molecule has 0 aliphatic carbocycles. The van der Waals surface area contributed by atoms with Crippen LogP contribution in [0.3, 0.4) is 0 Å². The summed E-state index contributed by atoms with van der Waals surface area (Å²) < 4.78 is 28.0. The molecule has 0 saturated carbocycles. The molecule has 1 heterocycles. The Hall–Kier alpha value is -0.970. The lowest BCUT2D eigenvalue weighted by molar-refractivity contribution is -0.0114. The first-order valence-corrected chi connectivity index (χ1v) is 4.06. The fraction of sp³-hybridized carbons (Fsp3) is 0.625. The Labute approximate surface area is 75.5 Å². The Kier molecular flexibility index (Phi) is 2.66. The predicted octanol–water partition coefficient (Wildman–Crippen LogP) is 1.17. The number of nitrogens with zero attached hydrogens (tertiary/aromatic N) is 2. The van der Waals surface area contributed by atoms with Crippen molar-refractivity contribution in [2.45, 2.75) is 19.3 Å². The molecule has 0 amide bonds. The van der Waals surface area contributed by atoms with Gasteiger partial charge in [0.05, 0.1) is 11.8 Å². The van der Waals surface area contributed by atoms with Crippen LogP contribution in [0.1, 0.15) is 17.7 Å². The number of aryl methyl sites for hydroxylation is 1. The van der Waals surface area contributed by atoms with Gasteiger partial charge in [-0.15, -0.1) is 0 Å².